The third-order valence-corrected chi connectivity index (χ3v) is 7.43. The predicted octanol–water partition coefficient (Wildman–Crippen LogP) is 3.39. The molecule has 1 saturated heterocycles. The summed E-state index contributed by atoms with van der Waals surface area (Å²) in [6, 6.07) is 3.67. The zero-order valence-corrected chi connectivity index (χ0v) is 19.2. The molecular formula is C25H33N3O4. The Morgan fingerprint density at radius 2 is 1.88 bits per heavy atom. The molecule has 2 aromatic rings. The number of fused-ring (bicyclic) bond motifs is 3. The molecule has 1 saturated carbocycles. The molecule has 7 heteroatoms. The second-order valence-electron chi connectivity index (χ2n) is 9.71. The third-order valence-electron chi connectivity index (χ3n) is 7.43. The molecule has 1 aliphatic carbocycles. The number of nitrogens with one attached hydrogen (secondary N) is 1. The van der Waals surface area contributed by atoms with Crippen molar-refractivity contribution in [1.29, 1.82) is 0 Å². The zero-order valence-electron chi connectivity index (χ0n) is 19.2. The van der Waals surface area contributed by atoms with E-state index in [0.29, 0.717) is 35.4 Å². The summed E-state index contributed by atoms with van der Waals surface area (Å²) in [5.41, 5.74) is 1.51. The summed E-state index contributed by atoms with van der Waals surface area (Å²) in [6.45, 7) is 7.40. The van der Waals surface area contributed by atoms with E-state index in [1.165, 1.54) is 6.42 Å². The van der Waals surface area contributed by atoms with Gasteiger partial charge in [0.2, 0.25) is 0 Å². The van der Waals surface area contributed by atoms with Crippen LogP contribution in [0.25, 0.3) is 11.0 Å². The number of nitrogens with zero attached hydrogens (tertiary/aromatic N) is 2. The molecule has 172 valence electrons. The molecule has 1 aromatic heterocycles. The average molecular weight is 440 g/mol. The number of hydrogen-bond donors (Lipinski definition) is 1. The Balaban J connectivity index is 1.33. The number of carbonyl (C=O) groups is 2. The SMILES string of the molecule is Cc1c(C(=O)NCCN2CCN(C)CC2)oc2ccc3c(c12)C(=O)CC1(CCCCC1)O3. The number of ketones is 1. The molecule has 3 heterocycles. The van der Waals surface area contributed by atoms with Crippen LogP contribution in [0.2, 0.25) is 0 Å². The minimum Gasteiger partial charge on any atom is -0.486 e. The van der Waals surface area contributed by atoms with Gasteiger partial charge in [-0.15, -0.1) is 0 Å². The number of Topliss-reactive ketones (excluding diaryl/α,β-unsaturated/α-hetero) is 1. The van der Waals surface area contributed by atoms with Crippen LogP contribution in [0.3, 0.4) is 0 Å². The topological polar surface area (TPSA) is 75.0 Å². The van der Waals surface area contributed by atoms with E-state index in [1.54, 1.807) is 0 Å². The molecule has 0 bridgehead atoms. The fraction of sp³-hybridized carbons (Fsp3) is 0.600. The molecule has 0 unspecified atom stereocenters. The smallest absolute Gasteiger partial charge is 0.287 e. The van der Waals surface area contributed by atoms with Crippen LogP contribution in [0.4, 0.5) is 0 Å². The Hall–Kier alpha value is -2.38. The Kier molecular flexibility index (Phi) is 5.72. The van der Waals surface area contributed by atoms with Crippen molar-refractivity contribution in [2.75, 3.05) is 46.3 Å². The van der Waals surface area contributed by atoms with Crippen molar-refractivity contribution in [3.8, 4) is 5.75 Å². The average Bonchev–Trinajstić information content (AvgIpc) is 3.12. The van der Waals surface area contributed by atoms with Crippen LogP contribution in [-0.4, -0.2) is 73.4 Å². The molecule has 0 radical (unpaired) electrons. The van der Waals surface area contributed by atoms with Crippen molar-refractivity contribution < 1.29 is 18.7 Å². The highest BCUT2D eigenvalue weighted by Crippen LogP contribution is 2.45. The lowest BCUT2D eigenvalue weighted by Gasteiger charge is -2.40. The molecule has 1 spiro atoms. The lowest BCUT2D eigenvalue weighted by Crippen LogP contribution is -2.46. The van der Waals surface area contributed by atoms with Crippen LogP contribution in [0.5, 0.6) is 5.75 Å². The summed E-state index contributed by atoms with van der Waals surface area (Å²) >= 11 is 0. The second-order valence-corrected chi connectivity index (χ2v) is 9.71. The van der Waals surface area contributed by atoms with E-state index in [4.69, 9.17) is 9.15 Å². The van der Waals surface area contributed by atoms with Gasteiger partial charge >= 0.3 is 0 Å². The van der Waals surface area contributed by atoms with Gasteiger partial charge in [0.15, 0.2) is 11.5 Å². The maximum Gasteiger partial charge on any atom is 0.287 e. The summed E-state index contributed by atoms with van der Waals surface area (Å²) in [4.78, 5) is 30.8. The molecule has 1 N–H and O–H groups in total. The van der Waals surface area contributed by atoms with Crippen molar-refractivity contribution in [1.82, 2.24) is 15.1 Å². The first-order valence-electron chi connectivity index (χ1n) is 11.9. The molecule has 1 amide bonds. The number of ether oxygens (including phenoxy) is 1. The van der Waals surface area contributed by atoms with E-state index in [9.17, 15) is 9.59 Å². The quantitative estimate of drug-likeness (QED) is 0.787. The number of carbonyl (C=O) groups excluding carboxylic acids is 2. The van der Waals surface area contributed by atoms with E-state index in [0.717, 1.165) is 63.8 Å². The Bertz CT molecular complexity index is 1030. The van der Waals surface area contributed by atoms with Crippen LogP contribution in [0.1, 0.15) is 65.0 Å². The minimum absolute atomic E-state index is 0.102. The monoisotopic (exact) mass is 439 g/mol. The molecule has 1 aromatic carbocycles. The van der Waals surface area contributed by atoms with Gasteiger partial charge in [-0.05, 0) is 51.8 Å². The van der Waals surface area contributed by atoms with Crippen LogP contribution in [0, 0.1) is 6.92 Å². The molecule has 2 fully saturated rings. The fourth-order valence-electron chi connectivity index (χ4n) is 5.50. The van der Waals surface area contributed by atoms with Gasteiger partial charge in [-0.25, -0.2) is 0 Å². The standard InChI is InChI=1S/C25H33N3O4/c1-17-21-19(31-23(17)24(30)26-10-11-28-14-12-27(2)13-15-28)6-7-20-22(21)18(29)16-25(32-20)8-4-3-5-9-25/h6-7H,3-5,8-16H2,1-2H3,(H,26,30). The largest absolute Gasteiger partial charge is 0.486 e. The van der Waals surface area contributed by atoms with Gasteiger partial charge in [-0.2, -0.15) is 0 Å². The number of furan rings is 1. The van der Waals surface area contributed by atoms with Gasteiger partial charge < -0.3 is 19.4 Å². The number of amides is 1. The van der Waals surface area contributed by atoms with Gasteiger partial charge in [-0.3, -0.25) is 14.5 Å². The van der Waals surface area contributed by atoms with Crippen LogP contribution >= 0.6 is 0 Å². The molecule has 2 aliphatic heterocycles. The first kappa shape index (κ1) is 21.5. The summed E-state index contributed by atoms with van der Waals surface area (Å²) in [5.74, 6) is 0.804. The number of aryl methyl sites for hydroxylation is 1. The van der Waals surface area contributed by atoms with Crippen molar-refractivity contribution in [2.24, 2.45) is 0 Å². The van der Waals surface area contributed by atoms with Crippen LogP contribution in [0.15, 0.2) is 16.5 Å². The van der Waals surface area contributed by atoms with E-state index in [2.05, 4.69) is 22.2 Å². The summed E-state index contributed by atoms with van der Waals surface area (Å²) < 4.78 is 12.4. The summed E-state index contributed by atoms with van der Waals surface area (Å²) in [5, 5.41) is 3.72. The molecule has 3 aliphatic rings. The highest BCUT2D eigenvalue weighted by atomic mass is 16.5. The minimum atomic E-state index is -0.350. The predicted molar refractivity (Wildman–Crippen MR) is 123 cm³/mol. The van der Waals surface area contributed by atoms with Gasteiger partial charge in [0.05, 0.1) is 12.0 Å². The van der Waals surface area contributed by atoms with E-state index >= 15 is 0 Å². The lowest BCUT2D eigenvalue weighted by atomic mass is 9.78. The first-order chi connectivity index (χ1) is 15.5. The van der Waals surface area contributed by atoms with Gasteiger partial charge in [0.1, 0.15) is 16.9 Å². The van der Waals surface area contributed by atoms with E-state index in [1.807, 2.05) is 19.1 Å². The number of rotatable bonds is 4. The third kappa shape index (κ3) is 3.92. The fourth-order valence-corrected chi connectivity index (χ4v) is 5.50. The zero-order chi connectivity index (χ0) is 22.3. The molecule has 0 atom stereocenters. The van der Waals surface area contributed by atoms with Gasteiger partial charge in [-0.1, -0.05) is 6.42 Å². The molecule has 32 heavy (non-hydrogen) atoms. The number of hydrogen-bond acceptors (Lipinski definition) is 6. The number of benzene rings is 1. The Morgan fingerprint density at radius 3 is 2.62 bits per heavy atom. The molecule has 7 nitrogen and oxygen atoms in total. The van der Waals surface area contributed by atoms with Crippen LogP contribution < -0.4 is 10.1 Å². The maximum atomic E-state index is 13.2. The lowest BCUT2D eigenvalue weighted by molar-refractivity contribution is 0.0139. The van der Waals surface area contributed by atoms with Crippen molar-refractivity contribution in [2.45, 2.75) is 51.0 Å². The van der Waals surface area contributed by atoms with E-state index < -0.39 is 0 Å². The molecular weight excluding hydrogens is 406 g/mol. The highest BCUT2D eigenvalue weighted by molar-refractivity contribution is 6.13. The highest BCUT2D eigenvalue weighted by Gasteiger charge is 2.42. The van der Waals surface area contributed by atoms with Gasteiger partial charge in [0.25, 0.3) is 5.91 Å². The normalized spacial score (nSPS) is 21.5. The van der Waals surface area contributed by atoms with Crippen molar-refractivity contribution in [3.05, 3.63) is 29.0 Å². The Morgan fingerprint density at radius 1 is 1.12 bits per heavy atom. The number of piperazine rings is 1. The van der Waals surface area contributed by atoms with Crippen molar-refractivity contribution in [3.63, 3.8) is 0 Å². The van der Waals surface area contributed by atoms with Crippen LogP contribution in [-0.2, 0) is 0 Å². The first-order valence-corrected chi connectivity index (χ1v) is 11.9. The van der Waals surface area contributed by atoms with Crippen molar-refractivity contribution >= 4 is 22.7 Å². The summed E-state index contributed by atoms with van der Waals surface area (Å²) in [6.07, 6.45) is 5.70. The summed E-state index contributed by atoms with van der Waals surface area (Å²) in [7, 11) is 2.13. The number of likely N-dealkylation sites (N-methyl/N-ethyl adjacent to an activating group) is 1. The second kappa shape index (κ2) is 8.52. The van der Waals surface area contributed by atoms with E-state index in [-0.39, 0.29) is 23.1 Å². The van der Waals surface area contributed by atoms with Gasteiger partial charge in [0, 0.05) is 50.2 Å². The Labute approximate surface area is 189 Å². The maximum absolute atomic E-state index is 13.2. The molecule has 5 rings (SSSR count).